The predicted molar refractivity (Wildman–Crippen MR) is 119 cm³/mol. The lowest BCUT2D eigenvalue weighted by atomic mass is 10.0. The molecule has 0 bridgehead atoms. The van der Waals surface area contributed by atoms with Gasteiger partial charge in [-0.3, -0.25) is 15.5 Å². The maximum Gasteiger partial charge on any atom is 0.315 e. The molecule has 0 saturated heterocycles. The summed E-state index contributed by atoms with van der Waals surface area (Å²) >= 11 is 1.43. The Hall–Kier alpha value is -3.46. The Labute approximate surface area is 178 Å². The molecule has 156 valence electrons. The fraction of sp³-hybridized carbons (Fsp3) is 0.238. The molecule has 9 heteroatoms. The zero-order valence-corrected chi connectivity index (χ0v) is 17.9. The number of hydrogen-bond donors (Lipinski definition) is 1. The lowest BCUT2D eigenvalue weighted by molar-refractivity contribution is -0.385. The number of nitro groups is 1. The van der Waals surface area contributed by atoms with Crippen LogP contribution < -0.4 is 14.9 Å². The van der Waals surface area contributed by atoms with E-state index in [2.05, 4.69) is 47.6 Å². The van der Waals surface area contributed by atoms with E-state index in [1.165, 1.54) is 36.3 Å². The normalized spacial score (nSPS) is 10.9. The number of thiazole rings is 1. The Balaban J connectivity index is 1.79. The number of nitro benzene ring substituents is 1. The van der Waals surface area contributed by atoms with E-state index in [9.17, 15) is 10.1 Å². The molecular formula is C21H22N4O4S. The van der Waals surface area contributed by atoms with Crippen LogP contribution in [0, 0.1) is 24.0 Å². The number of benzene rings is 2. The molecule has 0 saturated carbocycles. The maximum atomic E-state index is 11.4. The lowest BCUT2D eigenvalue weighted by Gasteiger charge is -2.10. The highest BCUT2D eigenvalue weighted by molar-refractivity contribution is 7.14. The van der Waals surface area contributed by atoms with Crippen molar-refractivity contribution in [3.05, 3.63) is 62.5 Å². The van der Waals surface area contributed by atoms with Crippen LogP contribution in [-0.4, -0.2) is 29.8 Å². The van der Waals surface area contributed by atoms with Gasteiger partial charge in [-0.25, -0.2) is 4.98 Å². The number of hydrogen-bond acceptors (Lipinski definition) is 8. The molecule has 8 nitrogen and oxygen atoms in total. The van der Waals surface area contributed by atoms with E-state index >= 15 is 0 Å². The molecule has 0 radical (unpaired) electrons. The molecule has 3 rings (SSSR count). The van der Waals surface area contributed by atoms with Crippen LogP contribution in [0.15, 0.2) is 40.8 Å². The van der Waals surface area contributed by atoms with Gasteiger partial charge in [-0.1, -0.05) is 23.8 Å². The molecule has 3 aromatic rings. The van der Waals surface area contributed by atoms with E-state index < -0.39 is 4.92 Å². The minimum atomic E-state index is -0.505. The van der Waals surface area contributed by atoms with Crippen molar-refractivity contribution < 1.29 is 14.4 Å². The highest BCUT2D eigenvalue weighted by Crippen LogP contribution is 2.38. The summed E-state index contributed by atoms with van der Waals surface area (Å²) < 4.78 is 10.6. The third kappa shape index (κ3) is 4.74. The summed E-state index contributed by atoms with van der Waals surface area (Å²) in [6.07, 6.45) is 1.48. The van der Waals surface area contributed by atoms with Gasteiger partial charge in [-0.05, 0) is 32.4 Å². The number of anilines is 1. The van der Waals surface area contributed by atoms with E-state index in [0.29, 0.717) is 17.3 Å². The Kier molecular flexibility index (Phi) is 6.63. The van der Waals surface area contributed by atoms with Gasteiger partial charge in [0.25, 0.3) is 0 Å². The first-order valence-electron chi connectivity index (χ1n) is 9.24. The van der Waals surface area contributed by atoms with Crippen LogP contribution in [-0.2, 0) is 0 Å². The molecule has 0 spiro atoms. The van der Waals surface area contributed by atoms with Gasteiger partial charge in [0.05, 0.1) is 30.5 Å². The van der Waals surface area contributed by atoms with Crippen LogP contribution in [0.2, 0.25) is 0 Å². The summed E-state index contributed by atoms with van der Waals surface area (Å²) in [5, 5.41) is 18.1. The van der Waals surface area contributed by atoms with Crippen molar-refractivity contribution in [2.75, 3.05) is 19.1 Å². The molecule has 0 atom stereocenters. The molecule has 0 unspecified atom stereocenters. The molecule has 1 heterocycles. The first-order valence-corrected chi connectivity index (χ1v) is 10.1. The Morgan fingerprint density at radius 1 is 1.30 bits per heavy atom. The number of aryl methyl sites for hydroxylation is 2. The number of nitrogens with one attached hydrogen (secondary N) is 1. The highest BCUT2D eigenvalue weighted by atomic mass is 32.1. The summed E-state index contributed by atoms with van der Waals surface area (Å²) in [5.41, 5.74) is 7.50. The molecule has 30 heavy (non-hydrogen) atoms. The third-order valence-corrected chi connectivity index (χ3v) is 5.05. The number of nitrogens with zero attached hydrogens (tertiary/aromatic N) is 3. The second kappa shape index (κ2) is 9.36. The lowest BCUT2D eigenvalue weighted by Crippen LogP contribution is -2.02. The van der Waals surface area contributed by atoms with Gasteiger partial charge in [0.2, 0.25) is 10.9 Å². The number of hydrazone groups is 1. The van der Waals surface area contributed by atoms with Crippen LogP contribution in [0.4, 0.5) is 10.8 Å². The topological polar surface area (TPSA) is 98.9 Å². The van der Waals surface area contributed by atoms with Gasteiger partial charge in [-0.2, -0.15) is 5.10 Å². The second-order valence-corrected chi connectivity index (χ2v) is 7.35. The molecule has 1 N–H and O–H groups in total. The molecule has 2 aromatic carbocycles. The minimum absolute atomic E-state index is 0.105. The fourth-order valence-corrected chi connectivity index (χ4v) is 3.63. The molecule has 0 amide bonds. The van der Waals surface area contributed by atoms with E-state index in [4.69, 9.17) is 9.47 Å². The quantitative estimate of drug-likeness (QED) is 0.302. The average Bonchev–Trinajstić information content (AvgIpc) is 3.17. The fourth-order valence-electron chi connectivity index (χ4n) is 2.97. The van der Waals surface area contributed by atoms with Crippen LogP contribution in [0.5, 0.6) is 11.5 Å². The summed E-state index contributed by atoms with van der Waals surface area (Å²) in [6.45, 7) is 6.15. The van der Waals surface area contributed by atoms with Crippen molar-refractivity contribution in [3.63, 3.8) is 0 Å². The van der Waals surface area contributed by atoms with Crippen LogP contribution in [0.25, 0.3) is 11.3 Å². The van der Waals surface area contributed by atoms with Gasteiger partial charge in [0.15, 0.2) is 5.75 Å². The standard InChI is InChI=1S/C21H22N4O4S/c1-5-29-20-18(25(26)27)9-15(10-19(20)28-4)11-22-24-21-23-17(12-30-21)16-7-6-13(2)8-14(16)3/h6-12H,5H2,1-4H3,(H,23,24)/b22-11-. The molecule has 0 aliphatic rings. The summed E-state index contributed by atoms with van der Waals surface area (Å²) in [6, 6.07) is 9.25. The third-order valence-electron chi connectivity index (χ3n) is 4.30. The van der Waals surface area contributed by atoms with E-state index in [-0.39, 0.29) is 17.2 Å². The minimum Gasteiger partial charge on any atom is -0.493 e. The van der Waals surface area contributed by atoms with Gasteiger partial charge >= 0.3 is 5.69 Å². The van der Waals surface area contributed by atoms with E-state index in [0.717, 1.165) is 16.8 Å². The Bertz CT molecular complexity index is 1090. The second-order valence-electron chi connectivity index (χ2n) is 6.49. The Morgan fingerprint density at radius 3 is 2.77 bits per heavy atom. The SMILES string of the molecule is CCOc1c(OC)cc(/C=N\Nc2nc(-c3ccc(C)cc3C)cs2)cc1[N+](=O)[O-]. The van der Waals surface area contributed by atoms with Gasteiger partial charge in [0.1, 0.15) is 0 Å². The monoisotopic (exact) mass is 426 g/mol. The van der Waals surface area contributed by atoms with Crippen LogP contribution >= 0.6 is 11.3 Å². The van der Waals surface area contributed by atoms with Gasteiger partial charge < -0.3 is 9.47 Å². The zero-order chi connectivity index (χ0) is 21.7. The molecular weight excluding hydrogens is 404 g/mol. The van der Waals surface area contributed by atoms with E-state index in [1.54, 1.807) is 13.0 Å². The van der Waals surface area contributed by atoms with Crippen molar-refractivity contribution >= 4 is 28.4 Å². The smallest absolute Gasteiger partial charge is 0.315 e. The number of rotatable bonds is 8. The molecule has 0 fully saturated rings. The summed E-state index contributed by atoms with van der Waals surface area (Å²) in [5.74, 6) is 0.382. The molecule has 0 aliphatic heterocycles. The van der Waals surface area contributed by atoms with Crippen molar-refractivity contribution in [2.45, 2.75) is 20.8 Å². The largest absolute Gasteiger partial charge is 0.493 e. The highest BCUT2D eigenvalue weighted by Gasteiger charge is 2.21. The molecule has 0 aliphatic carbocycles. The predicted octanol–water partition coefficient (Wildman–Crippen LogP) is 5.19. The van der Waals surface area contributed by atoms with Crippen LogP contribution in [0.3, 0.4) is 0 Å². The van der Waals surface area contributed by atoms with Crippen molar-refractivity contribution in [2.24, 2.45) is 5.10 Å². The number of methoxy groups -OCH3 is 1. The number of ether oxygens (including phenoxy) is 2. The van der Waals surface area contributed by atoms with Gasteiger partial charge in [-0.15, -0.1) is 11.3 Å². The van der Waals surface area contributed by atoms with Gasteiger partial charge in [0, 0.05) is 22.6 Å². The average molecular weight is 426 g/mol. The van der Waals surface area contributed by atoms with Crippen molar-refractivity contribution in [1.29, 1.82) is 0 Å². The number of aromatic nitrogens is 1. The summed E-state index contributed by atoms with van der Waals surface area (Å²) in [7, 11) is 1.44. The zero-order valence-electron chi connectivity index (χ0n) is 17.1. The van der Waals surface area contributed by atoms with Crippen molar-refractivity contribution in [3.8, 4) is 22.8 Å². The molecule has 1 aromatic heterocycles. The first kappa shape index (κ1) is 21.3. The summed E-state index contributed by atoms with van der Waals surface area (Å²) in [4.78, 5) is 15.5. The first-order chi connectivity index (χ1) is 14.4. The van der Waals surface area contributed by atoms with E-state index in [1.807, 2.05) is 5.38 Å². The van der Waals surface area contributed by atoms with Crippen molar-refractivity contribution in [1.82, 2.24) is 4.98 Å². The van der Waals surface area contributed by atoms with Crippen LogP contribution in [0.1, 0.15) is 23.6 Å². The Morgan fingerprint density at radius 2 is 2.10 bits per heavy atom. The maximum absolute atomic E-state index is 11.4.